The minimum atomic E-state index is -3.24. The molecule has 0 aliphatic carbocycles. The van der Waals surface area contributed by atoms with Gasteiger partial charge >= 0.3 is 44.2 Å². The van der Waals surface area contributed by atoms with E-state index in [0.29, 0.717) is 0 Å². The quantitative estimate of drug-likeness (QED) is 0.320. The average Bonchev–Trinajstić information content (AvgIpc) is 1.56. The Morgan fingerprint density at radius 2 is 1.42 bits per heavy atom. The van der Waals surface area contributed by atoms with Crippen molar-refractivity contribution in [2.24, 2.45) is 0 Å². The van der Waals surface area contributed by atoms with Crippen LogP contribution < -0.4 is 9.79 Å². The third-order valence-electron chi connectivity index (χ3n) is 0.133. The van der Waals surface area contributed by atoms with Gasteiger partial charge in [-0.3, -0.25) is 0 Å². The molecular formula is C2H6HgO7P2+2. The van der Waals surface area contributed by atoms with Crippen molar-refractivity contribution in [3.63, 3.8) is 0 Å². The molecule has 0 fully saturated rings. The molecule has 0 aliphatic rings. The van der Waals surface area contributed by atoms with E-state index in [9.17, 15) is 18.9 Å². The maximum atomic E-state index is 9.24. The van der Waals surface area contributed by atoms with Crippen LogP contribution >= 0.6 is 16.5 Å². The normalized spacial score (nSPS) is 10.8. The van der Waals surface area contributed by atoms with Crippen molar-refractivity contribution < 1.29 is 61.1 Å². The average molecular weight is 405 g/mol. The van der Waals surface area contributed by atoms with Gasteiger partial charge in [0.1, 0.15) is 10.6 Å². The monoisotopic (exact) mass is 406 g/mol. The molecule has 0 saturated carbocycles. The standard InChI is InChI=1S/C2H6O2.Hg.O5P2/c1-2(3)4;;1-6(2)5-7(3)4/h2-4H,1H3;;/q;+2;. The third kappa shape index (κ3) is 44.3. The Morgan fingerprint density at radius 3 is 1.42 bits per heavy atom. The topological polar surface area (TPSA) is 130 Å². The van der Waals surface area contributed by atoms with Gasteiger partial charge in [-0.05, 0) is 16.1 Å². The molecule has 0 aromatic rings. The minimum Gasteiger partial charge on any atom is -0.563 e. The van der Waals surface area contributed by atoms with Gasteiger partial charge in [0.25, 0.3) is 0 Å². The van der Waals surface area contributed by atoms with Gasteiger partial charge in [0.15, 0.2) is 0 Å². The molecule has 0 bridgehead atoms. The molecule has 0 rings (SSSR count). The van der Waals surface area contributed by atoms with Gasteiger partial charge in [-0.15, -0.1) is 0 Å². The summed E-state index contributed by atoms with van der Waals surface area (Å²) in [7, 11) is -6.47. The largest absolute Gasteiger partial charge is 2.00 e. The third-order valence-corrected chi connectivity index (χ3v) is 1.20. The molecule has 0 saturated heterocycles. The number of rotatable bonds is 2. The van der Waals surface area contributed by atoms with Crippen molar-refractivity contribution in [3.05, 3.63) is 0 Å². The summed E-state index contributed by atoms with van der Waals surface area (Å²) in [5, 5.41) is 15.2. The SMILES string of the molecule is CC(O)O.O=[P+]([O-])O[P+](=O)[O-].[Hg+2]. The van der Waals surface area contributed by atoms with E-state index in [0.717, 1.165) is 0 Å². The Labute approximate surface area is 90.8 Å². The zero-order valence-corrected chi connectivity index (χ0v) is 13.4. The number of hydrogen-bond donors (Lipinski definition) is 2. The van der Waals surface area contributed by atoms with E-state index in [1.54, 1.807) is 0 Å². The summed E-state index contributed by atoms with van der Waals surface area (Å²) in [5.41, 5.74) is 0. The van der Waals surface area contributed by atoms with Crippen LogP contribution in [0, 0.1) is 0 Å². The fourth-order valence-corrected chi connectivity index (χ4v) is 0.490. The van der Waals surface area contributed by atoms with Crippen molar-refractivity contribution in [1.82, 2.24) is 0 Å². The molecule has 10 heteroatoms. The molecule has 0 heterocycles. The first-order chi connectivity index (χ1) is 4.86. The number of hydrogen-bond acceptors (Lipinski definition) is 7. The second-order valence-corrected chi connectivity index (χ2v) is 2.71. The van der Waals surface area contributed by atoms with Crippen LogP contribution in [0.3, 0.4) is 0 Å². The van der Waals surface area contributed by atoms with Crippen LogP contribution in [-0.2, 0) is 41.1 Å². The molecule has 12 heavy (non-hydrogen) atoms. The Bertz CT molecular complexity index is 123. The summed E-state index contributed by atoms with van der Waals surface area (Å²) in [4.78, 5) is 18.5. The van der Waals surface area contributed by atoms with Gasteiger partial charge in [-0.25, -0.2) is 0 Å². The summed E-state index contributed by atoms with van der Waals surface area (Å²) in [6.07, 6.45) is -1.17. The summed E-state index contributed by atoms with van der Waals surface area (Å²) in [6, 6.07) is 0. The maximum absolute atomic E-state index is 9.24. The summed E-state index contributed by atoms with van der Waals surface area (Å²) in [6.45, 7) is 1.28. The van der Waals surface area contributed by atoms with Crippen LogP contribution in [0.1, 0.15) is 6.92 Å². The van der Waals surface area contributed by atoms with Gasteiger partial charge in [0.2, 0.25) is 0 Å². The molecule has 7 nitrogen and oxygen atoms in total. The zero-order chi connectivity index (χ0) is 9.44. The van der Waals surface area contributed by atoms with Crippen LogP contribution in [-0.4, -0.2) is 16.5 Å². The first-order valence-corrected chi connectivity index (χ1v) is 4.38. The molecule has 0 amide bonds. The van der Waals surface area contributed by atoms with Gasteiger partial charge in [0, 0.05) is 0 Å². The predicted octanol–water partition coefficient (Wildman–Crippen LogP) is -1.65. The smallest absolute Gasteiger partial charge is 0.563 e. The predicted molar refractivity (Wildman–Crippen MR) is 30.2 cm³/mol. The molecule has 0 aromatic carbocycles. The van der Waals surface area contributed by atoms with Crippen molar-refractivity contribution in [2.75, 3.05) is 0 Å². The van der Waals surface area contributed by atoms with Crippen LogP contribution in [0.2, 0.25) is 0 Å². The van der Waals surface area contributed by atoms with Crippen molar-refractivity contribution in [3.8, 4) is 0 Å². The summed E-state index contributed by atoms with van der Waals surface area (Å²) in [5.74, 6) is 0. The van der Waals surface area contributed by atoms with E-state index >= 15 is 0 Å². The van der Waals surface area contributed by atoms with E-state index in [1.807, 2.05) is 0 Å². The van der Waals surface area contributed by atoms with Gasteiger partial charge in [-0.1, -0.05) is 0 Å². The van der Waals surface area contributed by atoms with Crippen molar-refractivity contribution >= 4 is 16.5 Å². The van der Waals surface area contributed by atoms with Crippen molar-refractivity contribution in [2.45, 2.75) is 13.2 Å². The first kappa shape index (κ1) is 18.7. The minimum absolute atomic E-state index is 0. The molecule has 0 aliphatic heterocycles. The number of aliphatic hydroxyl groups is 2. The summed E-state index contributed by atoms with van der Waals surface area (Å²) >= 11 is 0. The van der Waals surface area contributed by atoms with Crippen LogP contribution in [0.4, 0.5) is 0 Å². The fourth-order valence-electron chi connectivity index (χ4n) is 0.0544. The van der Waals surface area contributed by atoms with Gasteiger partial charge in [0.05, 0.1) is 0 Å². The van der Waals surface area contributed by atoms with E-state index in [1.165, 1.54) is 6.92 Å². The Kier molecular flexibility index (Phi) is 18.6. The first-order valence-electron chi connectivity index (χ1n) is 2.19. The zero-order valence-electron chi connectivity index (χ0n) is 6.11. The van der Waals surface area contributed by atoms with Crippen LogP contribution in [0.25, 0.3) is 0 Å². The molecule has 2 N–H and O–H groups in total. The second kappa shape index (κ2) is 11.9. The molecule has 2 unspecified atom stereocenters. The fraction of sp³-hybridized carbons (Fsp3) is 1.00. The van der Waals surface area contributed by atoms with Gasteiger partial charge in [-0.2, -0.15) is 0 Å². The molecular weight excluding hydrogens is 399 g/mol. The van der Waals surface area contributed by atoms with E-state index in [2.05, 4.69) is 4.31 Å². The Hall–Kier alpha value is 0.935. The molecule has 2 atom stereocenters. The Morgan fingerprint density at radius 1 is 1.25 bits per heavy atom. The molecule has 66 valence electrons. The summed E-state index contributed by atoms with van der Waals surface area (Å²) < 4.78 is 21.6. The Balaban J connectivity index is -0.000000142. The molecule has 0 radical (unpaired) electrons. The van der Waals surface area contributed by atoms with Crippen molar-refractivity contribution in [1.29, 1.82) is 0 Å². The van der Waals surface area contributed by atoms with Crippen LogP contribution in [0.5, 0.6) is 0 Å². The maximum Gasteiger partial charge on any atom is 2.00 e. The van der Waals surface area contributed by atoms with E-state index in [-0.39, 0.29) is 27.7 Å². The van der Waals surface area contributed by atoms with Gasteiger partial charge < -0.3 is 20.0 Å². The van der Waals surface area contributed by atoms with E-state index < -0.39 is 22.8 Å². The molecule has 0 aromatic heterocycles. The number of aliphatic hydroxyl groups excluding tert-OH is 1. The molecule has 0 spiro atoms. The van der Waals surface area contributed by atoms with E-state index in [4.69, 9.17) is 10.2 Å². The second-order valence-electron chi connectivity index (χ2n) is 1.16. The van der Waals surface area contributed by atoms with Crippen LogP contribution in [0.15, 0.2) is 0 Å².